The number of esters is 1. The van der Waals surface area contributed by atoms with Crippen molar-refractivity contribution >= 4 is 46.5 Å². The predicted octanol–water partition coefficient (Wildman–Crippen LogP) is 5.36. The van der Waals surface area contributed by atoms with Crippen molar-refractivity contribution in [3.05, 3.63) is 75.0 Å². The van der Waals surface area contributed by atoms with Crippen molar-refractivity contribution in [2.24, 2.45) is 0 Å². The number of fused-ring (bicyclic) bond motifs is 3. The molecule has 9 nitrogen and oxygen atoms in total. The predicted molar refractivity (Wildman–Crippen MR) is 170 cm³/mol. The van der Waals surface area contributed by atoms with E-state index in [2.05, 4.69) is 15.1 Å². The molecule has 2 bridgehead atoms. The molecular formula is C33H33Cl2FN4O5. The minimum Gasteiger partial charge on any atom is -0.472 e. The zero-order valence-electron chi connectivity index (χ0n) is 24.8. The number of carbonyl (C=O) groups excluding carboxylic acids is 2. The van der Waals surface area contributed by atoms with Gasteiger partial charge >= 0.3 is 5.97 Å². The van der Waals surface area contributed by atoms with Crippen molar-refractivity contribution in [2.75, 3.05) is 63.0 Å². The number of nitrogens with zero attached hydrogens (tertiary/aromatic N) is 3. The SMILES string of the molecule is COC(=O)c1cc(F)c(-c2cccc3c2OCN(C(=O)c2c(Cl)cc(N4CCNCC4)cc2Cl)C3)cc1N1C2CCC1COC2. The van der Waals surface area contributed by atoms with Gasteiger partial charge in [0.25, 0.3) is 5.91 Å². The number of para-hydroxylation sites is 1. The molecule has 4 aliphatic rings. The van der Waals surface area contributed by atoms with Crippen molar-refractivity contribution in [1.29, 1.82) is 0 Å². The van der Waals surface area contributed by atoms with E-state index in [1.54, 1.807) is 30.3 Å². The number of rotatable bonds is 5. The third kappa shape index (κ3) is 5.48. The molecule has 3 aromatic carbocycles. The molecule has 12 heteroatoms. The molecule has 7 rings (SSSR count). The first-order chi connectivity index (χ1) is 21.8. The van der Waals surface area contributed by atoms with Crippen LogP contribution in [0.2, 0.25) is 10.0 Å². The lowest BCUT2D eigenvalue weighted by molar-refractivity contribution is 0.0515. The highest BCUT2D eigenvalue weighted by Gasteiger charge is 2.40. The van der Waals surface area contributed by atoms with Gasteiger partial charge in [0.05, 0.1) is 65.8 Å². The highest BCUT2D eigenvalue weighted by molar-refractivity contribution is 6.40. The normalized spacial score (nSPS) is 20.9. The standard InChI is InChI=1S/C33H33Cl2FN4O5/c1-43-33(42)25-13-28(36)24(14-29(25)40-20-5-6-21(40)17-44-16-20)23-4-2-3-19-15-39(18-45-31(19)23)32(41)30-26(34)11-22(12-27(30)35)38-9-7-37-8-10-38/h2-4,11-14,20-21,37H,5-10,15-18H2,1H3. The molecule has 4 heterocycles. The smallest absolute Gasteiger partial charge is 0.340 e. The molecule has 1 amide bonds. The quantitative estimate of drug-likeness (QED) is 0.369. The first-order valence-corrected chi connectivity index (χ1v) is 15.9. The van der Waals surface area contributed by atoms with E-state index in [0.717, 1.165) is 44.7 Å². The molecule has 0 aromatic heterocycles. The Kier molecular flexibility index (Phi) is 8.24. The van der Waals surface area contributed by atoms with Crippen LogP contribution in [0, 0.1) is 5.82 Å². The van der Waals surface area contributed by atoms with Gasteiger partial charge in [-0.1, -0.05) is 41.4 Å². The second-order valence-electron chi connectivity index (χ2n) is 11.8. The van der Waals surface area contributed by atoms with Crippen LogP contribution < -0.4 is 19.9 Å². The average Bonchev–Trinajstić information content (AvgIpc) is 3.30. The fraction of sp³-hybridized carbons (Fsp3) is 0.394. The van der Waals surface area contributed by atoms with Gasteiger partial charge in [-0.2, -0.15) is 0 Å². The number of anilines is 2. The van der Waals surface area contributed by atoms with E-state index >= 15 is 4.39 Å². The van der Waals surface area contributed by atoms with Crippen molar-refractivity contribution in [1.82, 2.24) is 10.2 Å². The van der Waals surface area contributed by atoms with Gasteiger partial charge in [-0.3, -0.25) is 4.79 Å². The van der Waals surface area contributed by atoms with Crippen molar-refractivity contribution in [3.63, 3.8) is 0 Å². The minimum atomic E-state index is -0.597. The van der Waals surface area contributed by atoms with Crippen LogP contribution in [0.25, 0.3) is 11.1 Å². The van der Waals surface area contributed by atoms with Gasteiger partial charge in [0, 0.05) is 48.6 Å². The molecule has 0 radical (unpaired) electrons. The third-order valence-corrected chi connectivity index (χ3v) is 9.73. The number of benzene rings is 3. The Morgan fingerprint density at radius 2 is 1.71 bits per heavy atom. The van der Waals surface area contributed by atoms with Crippen LogP contribution in [0.1, 0.15) is 39.1 Å². The van der Waals surface area contributed by atoms with Gasteiger partial charge in [-0.25, -0.2) is 9.18 Å². The van der Waals surface area contributed by atoms with Crippen LogP contribution in [0.15, 0.2) is 42.5 Å². The van der Waals surface area contributed by atoms with Crippen molar-refractivity contribution in [3.8, 4) is 16.9 Å². The average molecular weight is 656 g/mol. The zero-order chi connectivity index (χ0) is 31.2. The van der Waals surface area contributed by atoms with E-state index in [1.807, 2.05) is 6.07 Å². The maximum atomic E-state index is 15.8. The highest BCUT2D eigenvalue weighted by Crippen LogP contribution is 2.43. The molecule has 0 spiro atoms. The number of halogens is 3. The fourth-order valence-electron chi connectivity index (χ4n) is 6.92. The van der Waals surface area contributed by atoms with E-state index in [0.29, 0.717) is 41.3 Å². The van der Waals surface area contributed by atoms with E-state index < -0.39 is 11.8 Å². The van der Waals surface area contributed by atoms with Crippen molar-refractivity contribution in [2.45, 2.75) is 31.5 Å². The molecule has 0 saturated carbocycles. The zero-order valence-corrected chi connectivity index (χ0v) is 26.3. The second kappa shape index (κ2) is 12.3. The molecule has 3 aromatic rings. The molecule has 4 aliphatic heterocycles. The molecule has 45 heavy (non-hydrogen) atoms. The summed E-state index contributed by atoms with van der Waals surface area (Å²) in [6.45, 7) is 4.59. The summed E-state index contributed by atoms with van der Waals surface area (Å²) in [7, 11) is 1.29. The maximum absolute atomic E-state index is 15.8. The summed E-state index contributed by atoms with van der Waals surface area (Å²) >= 11 is 13.3. The second-order valence-corrected chi connectivity index (χ2v) is 12.6. The Hall–Kier alpha value is -3.57. The van der Waals surface area contributed by atoms with Crippen LogP contribution in [-0.4, -0.2) is 82.1 Å². The maximum Gasteiger partial charge on any atom is 0.340 e. The fourth-order valence-corrected chi connectivity index (χ4v) is 7.56. The summed E-state index contributed by atoms with van der Waals surface area (Å²) in [5.41, 5.74) is 3.43. The summed E-state index contributed by atoms with van der Waals surface area (Å²) in [6.07, 6.45) is 1.86. The summed E-state index contributed by atoms with van der Waals surface area (Å²) < 4.78 is 32.8. The monoisotopic (exact) mass is 654 g/mol. The Balaban J connectivity index is 1.19. The lowest BCUT2D eigenvalue weighted by Crippen LogP contribution is -2.46. The van der Waals surface area contributed by atoms with Crippen LogP contribution >= 0.6 is 23.2 Å². The van der Waals surface area contributed by atoms with Gasteiger partial charge in [0.1, 0.15) is 11.6 Å². The lowest BCUT2D eigenvalue weighted by atomic mass is 9.96. The summed E-state index contributed by atoms with van der Waals surface area (Å²) in [5, 5.41) is 3.87. The largest absolute Gasteiger partial charge is 0.472 e. The molecular weight excluding hydrogens is 622 g/mol. The van der Waals surface area contributed by atoms with Crippen LogP contribution in [0.5, 0.6) is 5.75 Å². The number of methoxy groups -OCH3 is 1. The summed E-state index contributed by atoms with van der Waals surface area (Å²) in [4.78, 5) is 32.4. The Morgan fingerprint density at radius 1 is 1.00 bits per heavy atom. The Bertz CT molecular complexity index is 1630. The van der Waals surface area contributed by atoms with E-state index in [4.69, 9.17) is 37.4 Å². The van der Waals surface area contributed by atoms with Gasteiger partial charge in [0.2, 0.25) is 0 Å². The molecule has 1 N–H and O–H groups in total. The molecule has 2 atom stereocenters. The summed E-state index contributed by atoms with van der Waals surface area (Å²) in [5.74, 6) is -1.04. The highest BCUT2D eigenvalue weighted by atomic mass is 35.5. The number of amides is 1. The van der Waals surface area contributed by atoms with E-state index in [-0.39, 0.29) is 52.4 Å². The number of carbonyl (C=O) groups is 2. The number of hydrogen-bond donors (Lipinski definition) is 1. The molecule has 2 unspecified atom stereocenters. The number of piperazine rings is 1. The molecule has 0 aliphatic carbocycles. The first kappa shape index (κ1) is 30.1. The lowest BCUT2D eigenvalue weighted by Gasteiger charge is -2.38. The Morgan fingerprint density at radius 3 is 2.40 bits per heavy atom. The number of ether oxygens (including phenoxy) is 3. The van der Waals surface area contributed by atoms with Gasteiger partial charge in [0.15, 0.2) is 6.73 Å². The molecule has 236 valence electrons. The molecule has 3 saturated heterocycles. The van der Waals surface area contributed by atoms with Crippen LogP contribution in [0.3, 0.4) is 0 Å². The Labute approximate surface area is 270 Å². The van der Waals surface area contributed by atoms with Crippen molar-refractivity contribution < 1.29 is 28.2 Å². The van der Waals surface area contributed by atoms with Gasteiger partial charge in [-0.05, 0) is 37.1 Å². The topological polar surface area (TPSA) is 83.6 Å². The first-order valence-electron chi connectivity index (χ1n) is 15.1. The third-order valence-electron chi connectivity index (χ3n) is 9.13. The van der Waals surface area contributed by atoms with Gasteiger partial charge < -0.3 is 34.2 Å². The van der Waals surface area contributed by atoms with Gasteiger partial charge in [-0.15, -0.1) is 0 Å². The number of nitrogens with one attached hydrogen (secondary N) is 1. The number of morpholine rings is 1. The number of hydrogen-bond acceptors (Lipinski definition) is 8. The van der Waals surface area contributed by atoms with E-state index in [9.17, 15) is 9.59 Å². The van der Waals surface area contributed by atoms with E-state index in [1.165, 1.54) is 18.1 Å². The summed E-state index contributed by atoms with van der Waals surface area (Å²) in [6, 6.07) is 12.1. The van der Waals surface area contributed by atoms with Crippen LogP contribution in [0.4, 0.5) is 15.8 Å². The van der Waals surface area contributed by atoms with Crippen LogP contribution in [-0.2, 0) is 16.0 Å². The minimum absolute atomic E-state index is 0.0720. The molecule has 3 fully saturated rings.